The van der Waals surface area contributed by atoms with Crippen LogP contribution in [-0.2, 0) is 0 Å². The van der Waals surface area contributed by atoms with Gasteiger partial charge in [0.1, 0.15) is 18.5 Å². The number of likely N-dealkylation sites (N-methyl/N-ethyl adjacent to an activating group) is 1. The molecule has 4 N–H and O–H groups in total. The highest BCUT2D eigenvalue weighted by Gasteiger charge is 2.09. The molecule has 20 heavy (non-hydrogen) atoms. The third-order valence-electron chi connectivity index (χ3n) is 3.04. The Morgan fingerprint density at radius 3 is 2.55 bits per heavy atom. The van der Waals surface area contributed by atoms with Gasteiger partial charge in [0.2, 0.25) is 0 Å². The molecule has 0 bridgehead atoms. The second-order valence-corrected chi connectivity index (χ2v) is 5.08. The van der Waals surface area contributed by atoms with Crippen molar-refractivity contribution < 1.29 is 14.9 Å². The standard InChI is InChI=1S/C15H26N2O3/c1-17(9-3-2-4-10-18)11-14(19)12-20-15-7-5-13(16)6-8-15/h5-8,14,18-19H,2-4,9-12,16H2,1H3. The predicted octanol–water partition coefficient (Wildman–Crippen LogP) is 1.10. The number of aliphatic hydroxyl groups excluding tert-OH is 2. The zero-order chi connectivity index (χ0) is 14.8. The van der Waals surface area contributed by atoms with Crippen LogP contribution in [0.3, 0.4) is 0 Å². The van der Waals surface area contributed by atoms with Crippen molar-refractivity contribution in [3.63, 3.8) is 0 Å². The molecule has 0 radical (unpaired) electrons. The van der Waals surface area contributed by atoms with E-state index in [0.717, 1.165) is 25.8 Å². The molecule has 114 valence electrons. The molecule has 1 aromatic rings. The van der Waals surface area contributed by atoms with E-state index in [9.17, 15) is 5.11 Å². The van der Waals surface area contributed by atoms with Crippen molar-refractivity contribution in [3.05, 3.63) is 24.3 Å². The highest BCUT2D eigenvalue weighted by atomic mass is 16.5. The van der Waals surface area contributed by atoms with Gasteiger partial charge in [0.25, 0.3) is 0 Å². The van der Waals surface area contributed by atoms with Crippen molar-refractivity contribution in [2.45, 2.75) is 25.4 Å². The van der Waals surface area contributed by atoms with E-state index < -0.39 is 6.10 Å². The van der Waals surface area contributed by atoms with Gasteiger partial charge in [-0.2, -0.15) is 0 Å². The molecule has 1 aromatic carbocycles. The van der Waals surface area contributed by atoms with Crippen LogP contribution in [-0.4, -0.2) is 54.6 Å². The van der Waals surface area contributed by atoms with Crippen molar-refractivity contribution in [3.8, 4) is 5.75 Å². The van der Waals surface area contributed by atoms with Crippen molar-refractivity contribution in [1.82, 2.24) is 4.90 Å². The van der Waals surface area contributed by atoms with Gasteiger partial charge in [-0.3, -0.25) is 0 Å². The smallest absolute Gasteiger partial charge is 0.119 e. The Morgan fingerprint density at radius 2 is 1.90 bits per heavy atom. The number of anilines is 1. The number of benzene rings is 1. The molecule has 5 nitrogen and oxygen atoms in total. The fourth-order valence-electron chi connectivity index (χ4n) is 1.93. The Labute approximate surface area is 121 Å². The van der Waals surface area contributed by atoms with Crippen LogP contribution >= 0.6 is 0 Å². The summed E-state index contributed by atoms with van der Waals surface area (Å²) >= 11 is 0. The van der Waals surface area contributed by atoms with Gasteiger partial charge in [0, 0.05) is 18.8 Å². The number of nitrogens with two attached hydrogens (primary N) is 1. The van der Waals surface area contributed by atoms with Gasteiger partial charge in [0.15, 0.2) is 0 Å². The number of nitrogen functional groups attached to an aromatic ring is 1. The molecule has 0 heterocycles. The van der Waals surface area contributed by atoms with Crippen LogP contribution < -0.4 is 10.5 Å². The maximum absolute atomic E-state index is 9.91. The van der Waals surface area contributed by atoms with Crippen molar-refractivity contribution >= 4 is 5.69 Å². The van der Waals surface area contributed by atoms with E-state index in [4.69, 9.17) is 15.6 Å². The highest BCUT2D eigenvalue weighted by molar-refractivity contribution is 5.41. The maximum Gasteiger partial charge on any atom is 0.119 e. The van der Waals surface area contributed by atoms with Gasteiger partial charge in [-0.05, 0) is 57.1 Å². The molecule has 1 atom stereocenters. The lowest BCUT2D eigenvalue weighted by atomic mass is 10.2. The summed E-state index contributed by atoms with van der Waals surface area (Å²) in [5, 5.41) is 18.6. The highest BCUT2D eigenvalue weighted by Crippen LogP contribution is 2.13. The molecular weight excluding hydrogens is 256 g/mol. The zero-order valence-electron chi connectivity index (χ0n) is 12.2. The zero-order valence-corrected chi connectivity index (χ0v) is 12.2. The minimum Gasteiger partial charge on any atom is -0.491 e. The van der Waals surface area contributed by atoms with Crippen LogP contribution in [0.5, 0.6) is 5.75 Å². The van der Waals surface area contributed by atoms with Gasteiger partial charge in [-0.1, -0.05) is 0 Å². The average Bonchev–Trinajstić information content (AvgIpc) is 2.43. The van der Waals surface area contributed by atoms with Crippen molar-refractivity contribution in [2.75, 3.05) is 39.1 Å². The number of aliphatic hydroxyl groups is 2. The molecule has 0 aliphatic heterocycles. The van der Waals surface area contributed by atoms with Crippen LogP contribution in [0.25, 0.3) is 0 Å². The summed E-state index contributed by atoms with van der Waals surface area (Å²) in [6.07, 6.45) is 2.37. The van der Waals surface area contributed by atoms with E-state index in [1.165, 1.54) is 0 Å². The van der Waals surface area contributed by atoms with Crippen LogP contribution in [0.4, 0.5) is 5.69 Å². The summed E-state index contributed by atoms with van der Waals surface area (Å²) in [5.74, 6) is 0.712. The first-order valence-corrected chi connectivity index (χ1v) is 7.07. The molecule has 0 aliphatic rings. The molecule has 0 aliphatic carbocycles. The Kier molecular flexibility index (Phi) is 8.02. The molecule has 1 rings (SSSR count). The van der Waals surface area contributed by atoms with Crippen LogP contribution in [0.15, 0.2) is 24.3 Å². The molecule has 5 heteroatoms. The molecule has 0 amide bonds. The number of hydrogen-bond acceptors (Lipinski definition) is 5. The Morgan fingerprint density at radius 1 is 1.20 bits per heavy atom. The molecule has 0 aromatic heterocycles. The number of hydrogen-bond donors (Lipinski definition) is 3. The Bertz CT molecular complexity index is 357. The molecule has 0 saturated heterocycles. The summed E-state index contributed by atoms with van der Waals surface area (Å²) < 4.78 is 5.50. The normalized spacial score (nSPS) is 12.6. The minimum absolute atomic E-state index is 0.252. The van der Waals surface area contributed by atoms with Crippen molar-refractivity contribution in [2.24, 2.45) is 0 Å². The summed E-state index contributed by atoms with van der Waals surface area (Å²) in [7, 11) is 1.98. The molecule has 1 unspecified atom stereocenters. The van der Waals surface area contributed by atoms with Crippen molar-refractivity contribution in [1.29, 1.82) is 0 Å². The molecule has 0 saturated carbocycles. The number of ether oxygens (including phenoxy) is 1. The number of unbranched alkanes of at least 4 members (excludes halogenated alkanes) is 2. The van der Waals surface area contributed by atoms with E-state index in [-0.39, 0.29) is 13.2 Å². The van der Waals surface area contributed by atoms with E-state index in [1.54, 1.807) is 24.3 Å². The Balaban J connectivity index is 2.15. The lowest BCUT2D eigenvalue weighted by Crippen LogP contribution is -2.33. The fourth-order valence-corrected chi connectivity index (χ4v) is 1.93. The first-order valence-electron chi connectivity index (χ1n) is 7.07. The summed E-state index contributed by atoms with van der Waals surface area (Å²) in [5.41, 5.74) is 6.28. The molecule has 0 spiro atoms. The second-order valence-electron chi connectivity index (χ2n) is 5.08. The third-order valence-corrected chi connectivity index (χ3v) is 3.04. The predicted molar refractivity (Wildman–Crippen MR) is 80.8 cm³/mol. The van der Waals surface area contributed by atoms with Crippen LogP contribution in [0, 0.1) is 0 Å². The largest absolute Gasteiger partial charge is 0.491 e. The maximum atomic E-state index is 9.91. The van der Waals surface area contributed by atoms with E-state index in [2.05, 4.69) is 4.90 Å². The molecular formula is C15H26N2O3. The first kappa shape index (κ1) is 16.8. The fraction of sp³-hybridized carbons (Fsp3) is 0.600. The number of rotatable bonds is 10. The van der Waals surface area contributed by atoms with E-state index >= 15 is 0 Å². The van der Waals surface area contributed by atoms with Crippen LogP contribution in [0.2, 0.25) is 0 Å². The second kappa shape index (κ2) is 9.58. The Hall–Kier alpha value is -1.30. The summed E-state index contributed by atoms with van der Waals surface area (Å²) in [6, 6.07) is 7.13. The van der Waals surface area contributed by atoms with Gasteiger partial charge in [0.05, 0.1) is 0 Å². The third kappa shape index (κ3) is 7.33. The van der Waals surface area contributed by atoms with Gasteiger partial charge >= 0.3 is 0 Å². The van der Waals surface area contributed by atoms with Gasteiger partial charge in [-0.25, -0.2) is 0 Å². The van der Waals surface area contributed by atoms with E-state index in [1.807, 2.05) is 7.05 Å². The van der Waals surface area contributed by atoms with E-state index in [0.29, 0.717) is 18.0 Å². The quantitative estimate of drug-likeness (QED) is 0.442. The monoisotopic (exact) mass is 282 g/mol. The van der Waals surface area contributed by atoms with Crippen LogP contribution in [0.1, 0.15) is 19.3 Å². The summed E-state index contributed by atoms with van der Waals surface area (Å²) in [4.78, 5) is 2.08. The first-order chi connectivity index (χ1) is 9.61. The lowest BCUT2D eigenvalue weighted by Gasteiger charge is -2.20. The minimum atomic E-state index is -0.518. The lowest BCUT2D eigenvalue weighted by molar-refractivity contribution is 0.0757. The van der Waals surface area contributed by atoms with Gasteiger partial charge in [-0.15, -0.1) is 0 Å². The van der Waals surface area contributed by atoms with Gasteiger partial charge < -0.3 is 25.6 Å². The number of nitrogens with zero attached hydrogens (tertiary/aromatic N) is 1. The summed E-state index contributed by atoms with van der Waals surface area (Å²) in [6.45, 7) is 2.01. The molecule has 0 fully saturated rings. The topological polar surface area (TPSA) is 79.0 Å². The average molecular weight is 282 g/mol. The SMILES string of the molecule is CN(CCCCCO)CC(O)COc1ccc(N)cc1.